The maximum Gasteiger partial charge on any atom is 0.260 e. The second kappa shape index (κ2) is 5.54. The standard InChI is InChI=1S/C17H22N2O2S/c1-11-4-6-12(7-5-11)18-15(22)14-13(20)10-17(8-3-9-17)19(2)16(14)21/h4,6-7,11,20H,3,5,8-10H2,1-2H3,(H,18,22). The van der Waals surface area contributed by atoms with Crippen LogP contribution in [0.2, 0.25) is 0 Å². The minimum Gasteiger partial charge on any atom is -0.511 e. The Bertz CT molecular complexity index is 614. The third-order valence-electron chi connectivity index (χ3n) is 5.10. The quantitative estimate of drug-likeness (QED) is 0.769. The Hall–Kier alpha value is -1.62. The van der Waals surface area contributed by atoms with E-state index in [-0.39, 0.29) is 22.8 Å². The molecule has 3 rings (SSSR count). The molecule has 0 aromatic carbocycles. The zero-order valence-electron chi connectivity index (χ0n) is 13.1. The number of nitrogens with one attached hydrogen (secondary N) is 1. The molecule has 118 valence electrons. The summed E-state index contributed by atoms with van der Waals surface area (Å²) in [5, 5.41) is 13.5. The summed E-state index contributed by atoms with van der Waals surface area (Å²) in [6.45, 7) is 2.15. The van der Waals surface area contributed by atoms with Gasteiger partial charge in [0.15, 0.2) is 0 Å². The molecule has 1 fully saturated rings. The van der Waals surface area contributed by atoms with Crippen molar-refractivity contribution in [3.05, 3.63) is 35.3 Å². The van der Waals surface area contributed by atoms with E-state index in [1.165, 1.54) is 0 Å². The number of hydrogen-bond acceptors (Lipinski definition) is 3. The van der Waals surface area contributed by atoms with Gasteiger partial charge >= 0.3 is 0 Å². The van der Waals surface area contributed by atoms with Gasteiger partial charge in [-0.1, -0.05) is 31.3 Å². The summed E-state index contributed by atoms with van der Waals surface area (Å²) >= 11 is 5.37. The minimum absolute atomic E-state index is 0.133. The molecule has 2 aliphatic carbocycles. The van der Waals surface area contributed by atoms with Crippen molar-refractivity contribution >= 4 is 23.1 Å². The average Bonchev–Trinajstić information content (AvgIpc) is 2.43. The van der Waals surface area contributed by atoms with Crippen LogP contribution in [-0.2, 0) is 4.79 Å². The van der Waals surface area contributed by atoms with Gasteiger partial charge in [-0.25, -0.2) is 0 Å². The van der Waals surface area contributed by atoms with Crippen molar-refractivity contribution in [2.75, 3.05) is 7.05 Å². The van der Waals surface area contributed by atoms with Crippen molar-refractivity contribution < 1.29 is 9.90 Å². The summed E-state index contributed by atoms with van der Waals surface area (Å²) in [5.74, 6) is 0.483. The van der Waals surface area contributed by atoms with Gasteiger partial charge in [0.25, 0.3) is 5.91 Å². The number of aliphatic hydroxyl groups excluding tert-OH is 1. The van der Waals surface area contributed by atoms with Crippen LogP contribution >= 0.6 is 12.2 Å². The monoisotopic (exact) mass is 318 g/mol. The van der Waals surface area contributed by atoms with Gasteiger partial charge in [-0.2, -0.15) is 0 Å². The van der Waals surface area contributed by atoms with Crippen molar-refractivity contribution in [2.24, 2.45) is 5.92 Å². The van der Waals surface area contributed by atoms with Crippen LogP contribution in [0.5, 0.6) is 0 Å². The SMILES string of the molecule is CC1C=CC(NC(=S)C2=C(O)CC3(CCC3)N(C)C2=O)=CC1. The number of thiocarbonyl (C=S) groups is 1. The molecule has 1 spiro atoms. The molecule has 2 N–H and O–H groups in total. The van der Waals surface area contributed by atoms with Crippen LogP contribution in [-0.4, -0.2) is 33.5 Å². The third-order valence-corrected chi connectivity index (χ3v) is 5.40. The molecule has 1 amide bonds. The van der Waals surface area contributed by atoms with Crippen molar-refractivity contribution in [2.45, 2.75) is 44.6 Å². The van der Waals surface area contributed by atoms with Gasteiger partial charge in [-0.3, -0.25) is 4.79 Å². The Morgan fingerprint density at radius 1 is 1.50 bits per heavy atom. The first kappa shape index (κ1) is 15.3. The van der Waals surface area contributed by atoms with Gasteiger partial charge in [0, 0.05) is 24.7 Å². The van der Waals surface area contributed by atoms with Crippen LogP contribution in [0.15, 0.2) is 35.3 Å². The predicted molar refractivity (Wildman–Crippen MR) is 90.4 cm³/mol. The number of carbonyl (C=O) groups is 1. The summed E-state index contributed by atoms with van der Waals surface area (Å²) in [6, 6.07) is 0. The van der Waals surface area contributed by atoms with E-state index < -0.39 is 0 Å². The maximum absolute atomic E-state index is 12.6. The molecular weight excluding hydrogens is 296 g/mol. The molecule has 3 aliphatic rings. The first-order chi connectivity index (χ1) is 10.4. The Kier molecular flexibility index (Phi) is 3.85. The van der Waals surface area contributed by atoms with Gasteiger partial charge in [0.2, 0.25) is 0 Å². The topological polar surface area (TPSA) is 52.6 Å². The minimum atomic E-state index is -0.181. The third kappa shape index (κ3) is 2.47. The van der Waals surface area contributed by atoms with Crippen molar-refractivity contribution in [1.82, 2.24) is 10.2 Å². The summed E-state index contributed by atoms with van der Waals surface area (Å²) in [6.07, 6.45) is 10.6. The van der Waals surface area contributed by atoms with Crippen LogP contribution in [0, 0.1) is 5.92 Å². The second-order valence-corrected chi connectivity index (χ2v) is 7.03. The van der Waals surface area contributed by atoms with E-state index in [9.17, 15) is 9.90 Å². The van der Waals surface area contributed by atoms with Gasteiger partial charge in [0.1, 0.15) is 16.3 Å². The molecule has 0 aromatic heterocycles. The van der Waals surface area contributed by atoms with Gasteiger partial charge in [0.05, 0.1) is 0 Å². The van der Waals surface area contributed by atoms with E-state index in [0.717, 1.165) is 31.4 Å². The largest absolute Gasteiger partial charge is 0.511 e. The molecule has 0 radical (unpaired) electrons. The lowest BCUT2D eigenvalue weighted by molar-refractivity contribution is -0.136. The summed E-state index contributed by atoms with van der Waals surface area (Å²) in [5.41, 5.74) is 0.963. The molecule has 1 unspecified atom stereocenters. The van der Waals surface area contributed by atoms with Crippen LogP contribution < -0.4 is 5.32 Å². The van der Waals surface area contributed by atoms with Crippen molar-refractivity contribution in [3.8, 4) is 0 Å². The average molecular weight is 318 g/mol. The van der Waals surface area contributed by atoms with Gasteiger partial charge < -0.3 is 15.3 Å². The van der Waals surface area contributed by atoms with Crippen molar-refractivity contribution in [1.29, 1.82) is 0 Å². The van der Waals surface area contributed by atoms with Gasteiger partial charge in [-0.15, -0.1) is 0 Å². The lowest BCUT2D eigenvalue weighted by Crippen LogP contribution is -2.58. The maximum atomic E-state index is 12.6. The lowest BCUT2D eigenvalue weighted by Gasteiger charge is -2.51. The van der Waals surface area contributed by atoms with E-state index in [2.05, 4.69) is 24.4 Å². The lowest BCUT2D eigenvalue weighted by atomic mass is 9.70. The number of amides is 1. The first-order valence-electron chi connectivity index (χ1n) is 7.83. The number of nitrogens with zero attached hydrogens (tertiary/aromatic N) is 1. The summed E-state index contributed by atoms with van der Waals surface area (Å²) < 4.78 is 0. The predicted octanol–water partition coefficient (Wildman–Crippen LogP) is 2.98. The van der Waals surface area contributed by atoms with Crippen molar-refractivity contribution in [3.63, 3.8) is 0 Å². The molecule has 1 atom stereocenters. The molecule has 1 saturated carbocycles. The van der Waals surface area contributed by atoms with Crippen LogP contribution in [0.3, 0.4) is 0 Å². The van der Waals surface area contributed by atoms with E-state index in [4.69, 9.17) is 12.2 Å². The molecule has 0 saturated heterocycles. The Balaban J connectivity index is 1.78. The highest BCUT2D eigenvalue weighted by Crippen LogP contribution is 2.45. The molecule has 5 heteroatoms. The highest BCUT2D eigenvalue weighted by Gasteiger charge is 2.48. The highest BCUT2D eigenvalue weighted by atomic mass is 32.1. The van der Waals surface area contributed by atoms with E-state index >= 15 is 0 Å². The van der Waals surface area contributed by atoms with E-state index in [1.807, 2.05) is 13.1 Å². The first-order valence-corrected chi connectivity index (χ1v) is 8.24. The molecule has 1 heterocycles. The van der Waals surface area contributed by atoms with E-state index in [0.29, 0.717) is 17.3 Å². The van der Waals surface area contributed by atoms with Gasteiger partial charge in [-0.05, 0) is 37.7 Å². The zero-order valence-corrected chi connectivity index (χ0v) is 13.9. The summed E-state index contributed by atoms with van der Waals surface area (Å²) in [4.78, 5) is 14.7. The smallest absolute Gasteiger partial charge is 0.260 e. The molecule has 22 heavy (non-hydrogen) atoms. The number of carbonyl (C=O) groups excluding carboxylic acids is 1. The van der Waals surface area contributed by atoms with Crippen LogP contribution in [0.4, 0.5) is 0 Å². The normalized spacial score (nSPS) is 26.8. The van der Waals surface area contributed by atoms with Crippen LogP contribution in [0.1, 0.15) is 39.0 Å². The van der Waals surface area contributed by atoms with Crippen LogP contribution in [0.25, 0.3) is 0 Å². The fraction of sp³-hybridized carbons (Fsp3) is 0.529. The Labute approximate surface area is 136 Å². The summed E-state index contributed by atoms with van der Waals surface area (Å²) in [7, 11) is 1.82. The highest BCUT2D eigenvalue weighted by molar-refractivity contribution is 7.80. The Morgan fingerprint density at radius 3 is 2.77 bits per heavy atom. The number of aliphatic hydroxyl groups is 1. The zero-order chi connectivity index (χ0) is 15.9. The molecule has 0 aromatic rings. The number of allylic oxidation sites excluding steroid dienone is 3. The molecule has 4 nitrogen and oxygen atoms in total. The molecule has 1 aliphatic heterocycles. The second-order valence-electron chi connectivity index (χ2n) is 6.63. The molecular formula is C17H22N2O2S. The number of hydrogen-bond donors (Lipinski definition) is 2. The molecule has 0 bridgehead atoms. The van der Waals surface area contributed by atoms with E-state index in [1.54, 1.807) is 4.90 Å². The fourth-order valence-corrected chi connectivity index (χ4v) is 3.69. The Morgan fingerprint density at radius 2 is 2.23 bits per heavy atom. The number of rotatable bonds is 2. The number of likely N-dealkylation sites (N-methyl/N-ethyl adjacent to an activating group) is 1. The fourth-order valence-electron chi connectivity index (χ4n) is 3.36.